The molecule has 0 saturated carbocycles. The Morgan fingerprint density at radius 1 is 1.12 bits per heavy atom. The molecule has 3 aromatic rings. The van der Waals surface area contributed by atoms with E-state index in [-0.39, 0.29) is 0 Å². The van der Waals surface area contributed by atoms with Crippen molar-refractivity contribution in [1.29, 1.82) is 0 Å². The number of hydrogen-bond acceptors (Lipinski definition) is 4. The number of aromatic nitrogens is 2. The molecule has 25 heavy (non-hydrogen) atoms. The van der Waals surface area contributed by atoms with Gasteiger partial charge in [0.05, 0.1) is 5.39 Å². The van der Waals surface area contributed by atoms with Crippen LogP contribution >= 0.6 is 22.9 Å². The van der Waals surface area contributed by atoms with E-state index >= 15 is 0 Å². The summed E-state index contributed by atoms with van der Waals surface area (Å²) < 4.78 is 0. The number of rotatable bonds is 6. The van der Waals surface area contributed by atoms with Gasteiger partial charge in [-0.2, -0.15) is 4.98 Å². The molecule has 0 aliphatic carbocycles. The molecule has 3 rings (SSSR count). The van der Waals surface area contributed by atoms with Crippen LogP contribution in [0.2, 0.25) is 5.28 Å². The third kappa shape index (κ3) is 3.65. The second-order valence-corrected chi connectivity index (χ2v) is 7.59. The van der Waals surface area contributed by atoms with Gasteiger partial charge in [-0.1, -0.05) is 37.1 Å². The molecule has 0 radical (unpaired) electrons. The average Bonchev–Trinajstić information content (AvgIpc) is 2.99. The molecule has 0 unspecified atom stereocenters. The Bertz CT molecular complexity index is 888. The highest BCUT2D eigenvalue weighted by Crippen LogP contribution is 2.40. The maximum absolute atomic E-state index is 6.22. The highest BCUT2D eigenvalue weighted by atomic mass is 35.5. The van der Waals surface area contributed by atoms with Gasteiger partial charge in [0.2, 0.25) is 5.28 Å². The number of fused-ring (bicyclic) bond motifs is 1. The van der Waals surface area contributed by atoms with E-state index in [1.165, 1.54) is 22.3 Å². The SMILES string of the molecule is CCCCN(CC)c1nc(Cl)nc2scc(-c3ccc(C)cc3C)c12. The van der Waals surface area contributed by atoms with Gasteiger partial charge in [-0.15, -0.1) is 11.3 Å². The maximum atomic E-state index is 6.22. The van der Waals surface area contributed by atoms with Gasteiger partial charge in [-0.05, 0) is 49.9 Å². The summed E-state index contributed by atoms with van der Waals surface area (Å²) >= 11 is 7.86. The van der Waals surface area contributed by atoms with Crippen LogP contribution < -0.4 is 4.90 Å². The van der Waals surface area contributed by atoms with Crippen molar-refractivity contribution in [3.63, 3.8) is 0 Å². The molecule has 2 aromatic heterocycles. The fourth-order valence-electron chi connectivity index (χ4n) is 3.20. The summed E-state index contributed by atoms with van der Waals surface area (Å²) in [6, 6.07) is 6.59. The summed E-state index contributed by atoms with van der Waals surface area (Å²) in [5, 5.41) is 3.63. The molecule has 132 valence electrons. The highest BCUT2D eigenvalue weighted by Gasteiger charge is 2.19. The number of hydrogen-bond donors (Lipinski definition) is 0. The average molecular weight is 374 g/mol. The molecule has 0 aliphatic rings. The van der Waals surface area contributed by atoms with Crippen LogP contribution in [0, 0.1) is 13.8 Å². The van der Waals surface area contributed by atoms with E-state index < -0.39 is 0 Å². The van der Waals surface area contributed by atoms with Crippen molar-refractivity contribution in [2.24, 2.45) is 0 Å². The van der Waals surface area contributed by atoms with Crippen molar-refractivity contribution < 1.29 is 0 Å². The molecule has 0 saturated heterocycles. The van der Waals surface area contributed by atoms with E-state index in [0.717, 1.165) is 42.0 Å². The number of nitrogens with zero attached hydrogens (tertiary/aromatic N) is 3. The lowest BCUT2D eigenvalue weighted by molar-refractivity contribution is 0.726. The minimum absolute atomic E-state index is 0.325. The number of halogens is 1. The molecule has 0 fully saturated rings. The van der Waals surface area contributed by atoms with Crippen molar-refractivity contribution in [3.8, 4) is 11.1 Å². The monoisotopic (exact) mass is 373 g/mol. The summed E-state index contributed by atoms with van der Waals surface area (Å²) in [5.41, 5.74) is 5.00. The molecule has 2 heterocycles. The number of thiophene rings is 1. The zero-order valence-electron chi connectivity index (χ0n) is 15.3. The molecule has 3 nitrogen and oxygen atoms in total. The van der Waals surface area contributed by atoms with Gasteiger partial charge < -0.3 is 4.90 Å². The molecule has 0 amide bonds. The number of unbranched alkanes of at least 4 members (excludes halogenated alkanes) is 1. The zero-order chi connectivity index (χ0) is 18.0. The molecular formula is C20H24ClN3S. The molecule has 5 heteroatoms. The van der Waals surface area contributed by atoms with E-state index in [4.69, 9.17) is 11.6 Å². The lowest BCUT2D eigenvalue weighted by atomic mass is 9.99. The van der Waals surface area contributed by atoms with Crippen molar-refractivity contribution in [2.75, 3.05) is 18.0 Å². The number of anilines is 1. The predicted octanol–water partition coefficient (Wildman–Crippen LogP) is 6.25. The zero-order valence-corrected chi connectivity index (χ0v) is 16.8. The fourth-order valence-corrected chi connectivity index (χ4v) is 4.35. The Kier molecular flexibility index (Phi) is 5.60. The van der Waals surface area contributed by atoms with Crippen molar-refractivity contribution >= 4 is 39.0 Å². The first kappa shape index (κ1) is 18.2. The Hall–Kier alpha value is -1.65. The summed E-state index contributed by atoms with van der Waals surface area (Å²) in [6.45, 7) is 10.6. The fraction of sp³-hybridized carbons (Fsp3) is 0.400. The molecule has 0 spiro atoms. The van der Waals surface area contributed by atoms with Gasteiger partial charge in [0.25, 0.3) is 0 Å². The normalized spacial score (nSPS) is 11.2. The van der Waals surface area contributed by atoms with Crippen LogP contribution in [-0.4, -0.2) is 23.1 Å². The smallest absolute Gasteiger partial charge is 0.225 e. The lowest BCUT2D eigenvalue weighted by Gasteiger charge is -2.23. The Balaban J connectivity index is 2.21. The lowest BCUT2D eigenvalue weighted by Crippen LogP contribution is -2.25. The second-order valence-electron chi connectivity index (χ2n) is 6.40. The molecule has 0 N–H and O–H groups in total. The number of aryl methyl sites for hydroxylation is 2. The Morgan fingerprint density at radius 2 is 1.92 bits per heavy atom. The van der Waals surface area contributed by atoms with Crippen LogP contribution in [-0.2, 0) is 0 Å². The first-order valence-electron chi connectivity index (χ1n) is 8.82. The number of benzene rings is 1. The summed E-state index contributed by atoms with van der Waals surface area (Å²) in [7, 11) is 0. The van der Waals surface area contributed by atoms with Gasteiger partial charge in [0.15, 0.2) is 0 Å². The largest absolute Gasteiger partial charge is 0.356 e. The highest BCUT2D eigenvalue weighted by molar-refractivity contribution is 7.17. The predicted molar refractivity (Wildman–Crippen MR) is 110 cm³/mol. The third-order valence-electron chi connectivity index (χ3n) is 4.52. The first-order valence-corrected chi connectivity index (χ1v) is 10.1. The third-order valence-corrected chi connectivity index (χ3v) is 5.56. The molecule has 1 aromatic carbocycles. The van der Waals surface area contributed by atoms with Crippen LogP contribution in [0.4, 0.5) is 5.82 Å². The van der Waals surface area contributed by atoms with Crippen molar-refractivity contribution in [3.05, 3.63) is 40.0 Å². The quantitative estimate of drug-likeness (QED) is 0.478. The van der Waals surface area contributed by atoms with Crippen LogP contribution in [0.3, 0.4) is 0 Å². The summed E-state index contributed by atoms with van der Waals surface area (Å²) in [4.78, 5) is 12.4. The van der Waals surface area contributed by atoms with Gasteiger partial charge in [-0.25, -0.2) is 4.98 Å². The van der Waals surface area contributed by atoms with E-state index in [2.05, 4.69) is 66.1 Å². The van der Waals surface area contributed by atoms with E-state index in [1.807, 2.05) is 0 Å². The van der Waals surface area contributed by atoms with Gasteiger partial charge >= 0.3 is 0 Å². The van der Waals surface area contributed by atoms with Gasteiger partial charge in [0, 0.05) is 24.0 Å². The van der Waals surface area contributed by atoms with Crippen LogP contribution in [0.5, 0.6) is 0 Å². The molecular weight excluding hydrogens is 350 g/mol. The van der Waals surface area contributed by atoms with Crippen molar-refractivity contribution in [1.82, 2.24) is 9.97 Å². The summed E-state index contributed by atoms with van der Waals surface area (Å²) in [6.07, 6.45) is 2.30. The minimum atomic E-state index is 0.325. The minimum Gasteiger partial charge on any atom is -0.356 e. The standard InChI is InChI=1S/C20H24ClN3S/c1-5-7-10-24(6-2)18-17-16(12-25-19(17)23-20(21)22-18)15-9-8-13(3)11-14(15)4/h8-9,11-12H,5-7,10H2,1-4H3. The molecule has 0 aliphatic heterocycles. The topological polar surface area (TPSA) is 29.0 Å². The Morgan fingerprint density at radius 3 is 2.60 bits per heavy atom. The van der Waals surface area contributed by atoms with Gasteiger partial charge in [-0.3, -0.25) is 0 Å². The Labute approximate surface area is 158 Å². The van der Waals surface area contributed by atoms with Gasteiger partial charge in [0.1, 0.15) is 10.6 Å². The first-order chi connectivity index (χ1) is 12.0. The van der Waals surface area contributed by atoms with E-state index in [1.54, 1.807) is 11.3 Å². The van der Waals surface area contributed by atoms with Crippen LogP contribution in [0.1, 0.15) is 37.8 Å². The van der Waals surface area contributed by atoms with Crippen molar-refractivity contribution in [2.45, 2.75) is 40.5 Å². The van der Waals surface area contributed by atoms with E-state index in [9.17, 15) is 0 Å². The van der Waals surface area contributed by atoms with Crippen LogP contribution in [0.25, 0.3) is 21.3 Å². The maximum Gasteiger partial charge on any atom is 0.225 e. The molecule has 0 atom stereocenters. The molecule has 0 bridgehead atoms. The van der Waals surface area contributed by atoms with E-state index in [0.29, 0.717) is 5.28 Å². The van der Waals surface area contributed by atoms with Crippen LogP contribution in [0.15, 0.2) is 23.6 Å². The second kappa shape index (κ2) is 7.71. The summed E-state index contributed by atoms with van der Waals surface area (Å²) in [5.74, 6) is 0.960.